The van der Waals surface area contributed by atoms with Crippen molar-refractivity contribution in [1.29, 1.82) is 0 Å². The van der Waals surface area contributed by atoms with Gasteiger partial charge < -0.3 is 14.0 Å². The van der Waals surface area contributed by atoms with Crippen molar-refractivity contribution in [3.63, 3.8) is 0 Å². The average molecular weight is 358 g/mol. The average Bonchev–Trinajstić information content (AvgIpc) is 3.10. The predicted molar refractivity (Wildman–Crippen MR) is 93.4 cm³/mol. The summed E-state index contributed by atoms with van der Waals surface area (Å²) in [5, 5.41) is 4.46. The predicted octanol–water partition coefficient (Wildman–Crippen LogP) is 4.29. The van der Waals surface area contributed by atoms with Crippen LogP contribution in [0.5, 0.6) is 5.75 Å². The molecule has 0 spiro atoms. The van der Waals surface area contributed by atoms with Crippen molar-refractivity contribution in [2.45, 2.75) is 13.0 Å². The van der Waals surface area contributed by atoms with Crippen LogP contribution < -0.4 is 4.74 Å². The molecule has 0 aliphatic carbocycles. The van der Waals surface area contributed by atoms with E-state index in [1.165, 1.54) is 0 Å². The second kappa shape index (κ2) is 7.85. The number of carbonyl (C=O) groups excluding carboxylic acids is 1. The number of nitrogens with zero attached hydrogens (tertiary/aromatic N) is 1. The van der Waals surface area contributed by atoms with Crippen LogP contribution >= 0.6 is 11.6 Å². The Bertz CT molecular complexity index is 861. The largest absolute Gasteiger partial charge is 0.496 e. The van der Waals surface area contributed by atoms with E-state index < -0.39 is 5.97 Å². The molecule has 5 nitrogen and oxygen atoms in total. The molecular weight excluding hydrogens is 342 g/mol. The molecule has 1 aromatic heterocycles. The Balaban J connectivity index is 1.60. The Morgan fingerprint density at radius 1 is 1.16 bits per heavy atom. The van der Waals surface area contributed by atoms with E-state index in [1.54, 1.807) is 31.4 Å². The van der Waals surface area contributed by atoms with Crippen LogP contribution in [-0.2, 0) is 22.6 Å². The Kier molecular flexibility index (Phi) is 5.36. The van der Waals surface area contributed by atoms with Crippen molar-refractivity contribution in [3.8, 4) is 17.1 Å². The molecular formula is C19H16ClNO4. The van der Waals surface area contributed by atoms with Gasteiger partial charge in [0, 0.05) is 22.2 Å². The van der Waals surface area contributed by atoms with Crippen molar-refractivity contribution < 1.29 is 18.8 Å². The van der Waals surface area contributed by atoms with Gasteiger partial charge in [-0.15, -0.1) is 0 Å². The minimum absolute atomic E-state index is 0.0397. The maximum atomic E-state index is 12.1. The van der Waals surface area contributed by atoms with Crippen LogP contribution in [0.15, 0.2) is 59.1 Å². The van der Waals surface area contributed by atoms with E-state index in [1.807, 2.05) is 30.3 Å². The molecule has 0 radical (unpaired) electrons. The quantitative estimate of drug-likeness (QED) is 0.616. The molecule has 0 saturated heterocycles. The van der Waals surface area contributed by atoms with Gasteiger partial charge in [0.05, 0.1) is 13.5 Å². The maximum Gasteiger partial charge on any atom is 0.310 e. The first-order valence-corrected chi connectivity index (χ1v) is 8.02. The standard InChI is InChI=1S/C19H16ClNO4/c1-23-17-8-7-15(20)9-14(17)10-19(22)24-12-16-11-18(25-21-16)13-5-3-2-4-6-13/h2-9,11H,10,12H2,1H3. The number of halogens is 1. The minimum Gasteiger partial charge on any atom is -0.496 e. The monoisotopic (exact) mass is 357 g/mol. The van der Waals surface area contributed by atoms with Crippen molar-refractivity contribution >= 4 is 17.6 Å². The van der Waals surface area contributed by atoms with Gasteiger partial charge in [-0.3, -0.25) is 4.79 Å². The van der Waals surface area contributed by atoms with E-state index in [-0.39, 0.29) is 13.0 Å². The fourth-order valence-corrected chi connectivity index (χ4v) is 2.56. The number of aromatic nitrogens is 1. The lowest BCUT2D eigenvalue weighted by molar-refractivity contribution is -0.144. The summed E-state index contributed by atoms with van der Waals surface area (Å²) in [6, 6.07) is 16.4. The van der Waals surface area contributed by atoms with Gasteiger partial charge in [0.2, 0.25) is 0 Å². The normalized spacial score (nSPS) is 10.5. The molecule has 0 fully saturated rings. The van der Waals surface area contributed by atoms with Gasteiger partial charge in [-0.25, -0.2) is 0 Å². The second-order valence-electron chi connectivity index (χ2n) is 5.34. The van der Waals surface area contributed by atoms with E-state index in [0.29, 0.717) is 27.8 Å². The first-order valence-electron chi connectivity index (χ1n) is 7.65. The number of ether oxygens (including phenoxy) is 2. The molecule has 0 atom stereocenters. The zero-order valence-corrected chi connectivity index (χ0v) is 14.3. The zero-order chi connectivity index (χ0) is 17.6. The topological polar surface area (TPSA) is 61.6 Å². The van der Waals surface area contributed by atoms with E-state index in [2.05, 4.69) is 5.16 Å². The molecule has 6 heteroatoms. The molecule has 0 aliphatic heterocycles. The van der Waals surface area contributed by atoms with Crippen LogP contribution in [0.25, 0.3) is 11.3 Å². The first kappa shape index (κ1) is 17.0. The molecule has 0 amide bonds. The molecule has 0 N–H and O–H groups in total. The van der Waals surface area contributed by atoms with Gasteiger partial charge >= 0.3 is 5.97 Å². The van der Waals surface area contributed by atoms with E-state index >= 15 is 0 Å². The summed E-state index contributed by atoms with van der Waals surface area (Å²) < 4.78 is 15.8. The van der Waals surface area contributed by atoms with E-state index in [9.17, 15) is 4.79 Å². The van der Waals surface area contributed by atoms with Gasteiger partial charge in [-0.2, -0.15) is 0 Å². The van der Waals surface area contributed by atoms with Crippen LogP contribution in [0.2, 0.25) is 5.02 Å². The highest BCUT2D eigenvalue weighted by Crippen LogP contribution is 2.24. The number of methoxy groups -OCH3 is 1. The number of rotatable bonds is 6. The van der Waals surface area contributed by atoms with Crippen molar-refractivity contribution in [3.05, 3.63) is 70.9 Å². The van der Waals surface area contributed by atoms with Gasteiger partial charge in [-0.05, 0) is 18.2 Å². The summed E-state index contributed by atoms with van der Waals surface area (Å²) in [4.78, 5) is 12.1. The van der Waals surface area contributed by atoms with Crippen LogP contribution in [0.1, 0.15) is 11.3 Å². The van der Waals surface area contributed by atoms with Crippen LogP contribution in [0.3, 0.4) is 0 Å². The van der Waals surface area contributed by atoms with Gasteiger partial charge in [0.25, 0.3) is 0 Å². The maximum absolute atomic E-state index is 12.1. The molecule has 0 saturated carbocycles. The summed E-state index contributed by atoms with van der Waals surface area (Å²) in [5.41, 5.74) is 2.13. The molecule has 128 valence electrons. The van der Waals surface area contributed by atoms with Gasteiger partial charge in [0.15, 0.2) is 5.76 Å². The highest BCUT2D eigenvalue weighted by atomic mass is 35.5. The Morgan fingerprint density at radius 2 is 1.96 bits per heavy atom. The summed E-state index contributed by atoms with van der Waals surface area (Å²) in [6.45, 7) is 0.0397. The van der Waals surface area contributed by atoms with Gasteiger partial charge in [-0.1, -0.05) is 47.1 Å². The van der Waals surface area contributed by atoms with Crippen molar-refractivity contribution in [1.82, 2.24) is 5.16 Å². The summed E-state index contributed by atoms with van der Waals surface area (Å²) >= 11 is 5.96. The number of hydrogen-bond donors (Lipinski definition) is 0. The molecule has 2 aromatic carbocycles. The summed E-state index contributed by atoms with van der Waals surface area (Å²) in [6.07, 6.45) is 0.0626. The highest BCUT2D eigenvalue weighted by molar-refractivity contribution is 6.30. The number of esters is 1. The fourth-order valence-electron chi connectivity index (χ4n) is 2.36. The van der Waals surface area contributed by atoms with Crippen molar-refractivity contribution in [2.75, 3.05) is 7.11 Å². The molecule has 0 unspecified atom stereocenters. The Hall–Kier alpha value is -2.79. The van der Waals surface area contributed by atoms with Crippen LogP contribution in [-0.4, -0.2) is 18.2 Å². The molecule has 0 bridgehead atoms. The third kappa shape index (κ3) is 4.39. The number of carbonyl (C=O) groups is 1. The van der Waals surface area contributed by atoms with E-state index in [4.69, 9.17) is 25.6 Å². The number of hydrogen-bond acceptors (Lipinski definition) is 5. The molecule has 3 rings (SSSR count). The van der Waals surface area contributed by atoms with Crippen molar-refractivity contribution in [2.24, 2.45) is 0 Å². The lowest BCUT2D eigenvalue weighted by Crippen LogP contribution is -2.09. The highest BCUT2D eigenvalue weighted by Gasteiger charge is 2.13. The molecule has 0 aliphatic rings. The summed E-state index contributed by atoms with van der Waals surface area (Å²) in [5.74, 6) is 0.821. The molecule has 3 aromatic rings. The molecule has 1 heterocycles. The fraction of sp³-hybridized carbons (Fsp3) is 0.158. The van der Waals surface area contributed by atoms with E-state index in [0.717, 1.165) is 5.56 Å². The second-order valence-corrected chi connectivity index (χ2v) is 5.78. The van der Waals surface area contributed by atoms with Crippen LogP contribution in [0, 0.1) is 0 Å². The zero-order valence-electron chi connectivity index (χ0n) is 13.6. The lowest BCUT2D eigenvalue weighted by Gasteiger charge is -2.08. The SMILES string of the molecule is COc1ccc(Cl)cc1CC(=O)OCc1cc(-c2ccccc2)on1. The summed E-state index contributed by atoms with van der Waals surface area (Å²) in [7, 11) is 1.54. The minimum atomic E-state index is -0.398. The Morgan fingerprint density at radius 3 is 2.72 bits per heavy atom. The number of benzene rings is 2. The third-order valence-electron chi connectivity index (χ3n) is 3.58. The Labute approximate surface area is 150 Å². The lowest BCUT2D eigenvalue weighted by atomic mass is 10.1. The van der Waals surface area contributed by atoms with Crippen LogP contribution in [0.4, 0.5) is 0 Å². The molecule has 25 heavy (non-hydrogen) atoms. The smallest absolute Gasteiger partial charge is 0.310 e. The first-order chi connectivity index (χ1) is 12.2. The van der Waals surface area contributed by atoms with Gasteiger partial charge in [0.1, 0.15) is 18.1 Å². The third-order valence-corrected chi connectivity index (χ3v) is 3.81.